The predicted octanol–water partition coefficient (Wildman–Crippen LogP) is 3.36. The topological polar surface area (TPSA) is 72.5 Å². The summed E-state index contributed by atoms with van der Waals surface area (Å²) in [5.74, 6) is 0.0993. The number of amides is 1. The second-order valence-corrected chi connectivity index (χ2v) is 7.60. The first kappa shape index (κ1) is 16.4. The van der Waals surface area contributed by atoms with E-state index in [9.17, 15) is 13.2 Å². The lowest BCUT2D eigenvalue weighted by Gasteiger charge is -2.09. The number of carbonyl (C=O) groups excluding carboxylic acids is 1. The van der Waals surface area contributed by atoms with E-state index >= 15 is 0 Å². The number of ether oxygens (including phenoxy) is 1. The molecule has 1 heterocycles. The number of benzene rings is 3. The van der Waals surface area contributed by atoms with Gasteiger partial charge in [0.1, 0.15) is 17.3 Å². The molecular weight excluding hydrogens is 350 g/mol. The van der Waals surface area contributed by atoms with Crippen molar-refractivity contribution in [1.29, 1.82) is 0 Å². The maximum Gasteiger partial charge on any atom is 0.266 e. The summed E-state index contributed by atoms with van der Waals surface area (Å²) >= 11 is 0. The molecule has 3 aromatic carbocycles. The van der Waals surface area contributed by atoms with E-state index in [1.165, 1.54) is 6.07 Å². The van der Waals surface area contributed by atoms with Gasteiger partial charge < -0.3 is 4.74 Å². The van der Waals surface area contributed by atoms with Crippen LogP contribution in [0.1, 0.15) is 15.9 Å². The third-order valence-electron chi connectivity index (χ3n) is 4.16. The van der Waals surface area contributed by atoms with Crippen molar-refractivity contribution in [1.82, 2.24) is 4.72 Å². The molecule has 1 amide bonds. The van der Waals surface area contributed by atoms with Crippen molar-refractivity contribution < 1.29 is 17.9 Å². The smallest absolute Gasteiger partial charge is 0.266 e. The lowest BCUT2D eigenvalue weighted by atomic mass is 10.0. The highest BCUT2D eigenvalue weighted by molar-refractivity contribution is 7.90. The van der Waals surface area contributed by atoms with Crippen LogP contribution < -0.4 is 9.46 Å². The summed E-state index contributed by atoms with van der Waals surface area (Å²) in [5, 5.41) is 0. The lowest BCUT2D eigenvalue weighted by molar-refractivity contribution is 0.0985. The summed E-state index contributed by atoms with van der Waals surface area (Å²) < 4.78 is 31.5. The van der Waals surface area contributed by atoms with Crippen LogP contribution in [-0.2, 0) is 16.6 Å². The molecule has 0 atom stereocenters. The molecule has 0 radical (unpaired) electrons. The van der Waals surface area contributed by atoms with E-state index in [1.807, 2.05) is 59.3 Å². The molecule has 4 rings (SSSR count). The van der Waals surface area contributed by atoms with E-state index < -0.39 is 15.9 Å². The van der Waals surface area contributed by atoms with Crippen molar-refractivity contribution in [2.75, 3.05) is 0 Å². The van der Waals surface area contributed by atoms with Crippen LogP contribution in [0.3, 0.4) is 0 Å². The number of fused-ring (bicyclic) bond motifs is 1. The number of carbonyl (C=O) groups is 1. The van der Waals surface area contributed by atoms with Crippen LogP contribution in [0.2, 0.25) is 0 Å². The minimum atomic E-state index is -3.73. The normalized spacial score (nSPS) is 14.5. The maximum atomic E-state index is 11.9. The molecule has 130 valence electrons. The van der Waals surface area contributed by atoms with Crippen molar-refractivity contribution in [2.45, 2.75) is 11.5 Å². The molecule has 5 nitrogen and oxygen atoms in total. The van der Waals surface area contributed by atoms with Gasteiger partial charge in [-0.1, -0.05) is 48.5 Å². The Labute approximate surface area is 151 Å². The van der Waals surface area contributed by atoms with Crippen molar-refractivity contribution in [3.05, 3.63) is 83.9 Å². The van der Waals surface area contributed by atoms with Gasteiger partial charge >= 0.3 is 0 Å². The monoisotopic (exact) mass is 365 g/mol. The fourth-order valence-corrected chi connectivity index (χ4v) is 4.01. The molecule has 0 unspecified atom stereocenters. The van der Waals surface area contributed by atoms with Crippen LogP contribution in [0.25, 0.3) is 11.1 Å². The molecule has 0 saturated heterocycles. The van der Waals surface area contributed by atoms with Crippen LogP contribution >= 0.6 is 0 Å². The van der Waals surface area contributed by atoms with Crippen LogP contribution in [0.5, 0.6) is 5.75 Å². The first-order chi connectivity index (χ1) is 12.5. The second-order valence-electron chi connectivity index (χ2n) is 5.95. The van der Waals surface area contributed by atoms with Crippen LogP contribution in [-0.4, -0.2) is 14.3 Å². The molecule has 0 bridgehead atoms. The van der Waals surface area contributed by atoms with E-state index in [0.29, 0.717) is 12.4 Å². The molecule has 0 saturated carbocycles. The zero-order valence-electron chi connectivity index (χ0n) is 13.7. The Morgan fingerprint density at radius 1 is 0.846 bits per heavy atom. The third kappa shape index (κ3) is 3.07. The van der Waals surface area contributed by atoms with Crippen LogP contribution in [0.4, 0.5) is 0 Å². The summed E-state index contributed by atoms with van der Waals surface area (Å²) in [6, 6.07) is 22.0. The summed E-state index contributed by atoms with van der Waals surface area (Å²) in [6.07, 6.45) is 0. The minimum absolute atomic E-state index is 0.0164. The molecule has 3 aromatic rings. The van der Waals surface area contributed by atoms with Crippen molar-refractivity contribution >= 4 is 15.9 Å². The SMILES string of the molecule is O=C1NS(=O)(=O)c2ccc(-c3cccc(OCc4ccccc4)c3)cc21. The van der Waals surface area contributed by atoms with Crippen molar-refractivity contribution in [2.24, 2.45) is 0 Å². The van der Waals surface area contributed by atoms with Gasteiger partial charge in [0.25, 0.3) is 15.9 Å². The number of hydrogen-bond acceptors (Lipinski definition) is 4. The van der Waals surface area contributed by atoms with E-state index in [2.05, 4.69) is 0 Å². The summed E-state index contributed by atoms with van der Waals surface area (Å²) in [6.45, 7) is 0.454. The van der Waals surface area contributed by atoms with Gasteiger partial charge in [-0.3, -0.25) is 4.79 Å². The molecule has 0 aromatic heterocycles. The first-order valence-electron chi connectivity index (χ1n) is 8.01. The first-order valence-corrected chi connectivity index (χ1v) is 9.50. The van der Waals surface area contributed by atoms with Gasteiger partial charge in [-0.05, 0) is 41.0 Å². The lowest BCUT2D eigenvalue weighted by Crippen LogP contribution is -2.20. The fraction of sp³-hybridized carbons (Fsp3) is 0.0500. The molecule has 6 heteroatoms. The molecule has 0 fully saturated rings. The van der Waals surface area contributed by atoms with Gasteiger partial charge in [0, 0.05) is 0 Å². The van der Waals surface area contributed by atoms with Gasteiger partial charge in [0.15, 0.2) is 0 Å². The predicted molar refractivity (Wildman–Crippen MR) is 97.3 cm³/mol. The largest absolute Gasteiger partial charge is 0.489 e. The Bertz CT molecular complexity index is 1090. The maximum absolute atomic E-state index is 11.9. The number of rotatable bonds is 4. The highest BCUT2D eigenvalue weighted by Gasteiger charge is 2.32. The van der Waals surface area contributed by atoms with Gasteiger partial charge in [0.2, 0.25) is 0 Å². The van der Waals surface area contributed by atoms with Crippen LogP contribution in [0, 0.1) is 0 Å². The van der Waals surface area contributed by atoms with Crippen molar-refractivity contribution in [3.8, 4) is 16.9 Å². The summed E-state index contributed by atoms with van der Waals surface area (Å²) in [5.41, 5.74) is 2.83. The Kier molecular flexibility index (Phi) is 3.97. The Morgan fingerprint density at radius 3 is 2.42 bits per heavy atom. The average molecular weight is 365 g/mol. The average Bonchev–Trinajstić information content (AvgIpc) is 2.89. The highest BCUT2D eigenvalue weighted by Crippen LogP contribution is 2.30. The van der Waals surface area contributed by atoms with Gasteiger partial charge in [-0.2, -0.15) is 0 Å². The van der Waals surface area contributed by atoms with Gasteiger partial charge in [0.05, 0.1) is 5.56 Å². The molecule has 1 aliphatic heterocycles. The molecule has 0 spiro atoms. The summed E-state index contributed by atoms with van der Waals surface area (Å²) in [7, 11) is -3.73. The van der Waals surface area contributed by atoms with Gasteiger partial charge in [-0.25, -0.2) is 13.1 Å². The highest BCUT2D eigenvalue weighted by atomic mass is 32.2. The number of hydrogen-bond donors (Lipinski definition) is 1. The van der Waals surface area contributed by atoms with Crippen molar-refractivity contribution in [3.63, 3.8) is 0 Å². The standard InChI is InChI=1S/C20H15NO4S/c22-20-18-12-16(9-10-19(18)26(23,24)21-20)15-7-4-8-17(11-15)25-13-14-5-2-1-3-6-14/h1-12H,13H2,(H,21,22). The Morgan fingerprint density at radius 2 is 1.62 bits per heavy atom. The number of sulfonamides is 1. The van der Waals surface area contributed by atoms with Gasteiger partial charge in [-0.15, -0.1) is 0 Å². The van der Waals surface area contributed by atoms with E-state index in [0.717, 1.165) is 16.7 Å². The second kappa shape index (κ2) is 6.31. The molecule has 1 N–H and O–H groups in total. The van der Waals surface area contributed by atoms with E-state index in [4.69, 9.17) is 4.74 Å². The molecule has 1 aliphatic rings. The Balaban J connectivity index is 1.61. The summed E-state index contributed by atoms with van der Waals surface area (Å²) in [4.78, 5) is 11.9. The van der Waals surface area contributed by atoms with E-state index in [-0.39, 0.29) is 10.5 Å². The zero-order chi connectivity index (χ0) is 18.1. The Hall–Kier alpha value is -3.12. The van der Waals surface area contributed by atoms with E-state index in [1.54, 1.807) is 12.1 Å². The number of nitrogens with one attached hydrogen (secondary N) is 1. The van der Waals surface area contributed by atoms with Crippen LogP contribution in [0.15, 0.2) is 77.7 Å². The molecular formula is C20H15NO4S. The molecule has 0 aliphatic carbocycles. The fourth-order valence-electron chi connectivity index (χ4n) is 2.86. The zero-order valence-corrected chi connectivity index (χ0v) is 14.5. The third-order valence-corrected chi connectivity index (χ3v) is 5.55. The minimum Gasteiger partial charge on any atom is -0.489 e. The molecule has 26 heavy (non-hydrogen) atoms. The quantitative estimate of drug-likeness (QED) is 0.769.